The van der Waals surface area contributed by atoms with Gasteiger partial charge >= 0.3 is 4.87 Å². The van der Waals surface area contributed by atoms with E-state index in [2.05, 4.69) is 0 Å². The molecule has 2 rings (SSSR count). The van der Waals surface area contributed by atoms with E-state index in [9.17, 15) is 9.59 Å². The number of thiophene rings is 1. The number of thiazole rings is 1. The number of hydrogen-bond donors (Lipinski definition) is 0. The Labute approximate surface area is 130 Å². The zero-order valence-corrected chi connectivity index (χ0v) is 13.6. The van der Waals surface area contributed by atoms with Gasteiger partial charge in [-0.05, 0) is 19.1 Å². The fourth-order valence-electron chi connectivity index (χ4n) is 1.83. The summed E-state index contributed by atoms with van der Waals surface area (Å²) in [5.41, 5.74) is 0.903. The van der Waals surface area contributed by atoms with E-state index in [0.717, 1.165) is 14.9 Å². The van der Waals surface area contributed by atoms with Crippen LogP contribution in [-0.2, 0) is 17.9 Å². The maximum absolute atomic E-state index is 12.1. The molecule has 7 heteroatoms. The molecule has 0 aliphatic rings. The smallest absolute Gasteiger partial charge is 0.307 e. The van der Waals surface area contributed by atoms with Gasteiger partial charge in [-0.15, -0.1) is 11.3 Å². The van der Waals surface area contributed by atoms with Crippen molar-refractivity contribution in [2.75, 3.05) is 7.05 Å². The van der Waals surface area contributed by atoms with E-state index in [0.29, 0.717) is 19.5 Å². The van der Waals surface area contributed by atoms with Crippen LogP contribution in [0, 0.1) is 6.92 Å². The van der Waals surface area contributed by atoms with Crippen LogP contribution in [0.1, 0.15) is 17.0 Å². The average molecular weight is 331 g/mol. The van der Waals surface area contributed by atoms with Gasteiger partial charge in [0.25, 0.3) is 0 Å². The van der Waals surface area contributed by atoms with Crippen molar-refractivity contribution in [1.82, 2.24) is 9.47 Å². The Balaban J connectivity index is 1.90. The van der Waals surface area contributed by atoms with Crippen molar-refractivity contribution in [3.05, 3.63) is 42.1 Å². The Morgan fingerprint density at radius 1 is 1.45 bits per heavy atom. The lowest BCUT2D eigenvalue weighted by Crippen LogP contribution is -2.28. The van der Waals surface area contributed by atoms with E-state index in [1.165, 1.54) is 22.7 Å². The van der Waals surface area contributed by atoms with Gasteiger partial charge in [-0.2, -0.15) is 0 Å². The van der Waals surface area contributed by atoms with E-state index in [1.807, 2.05) is 24.4 Å². The van der Waals surface area contributed by atoms with Gasteiger partial charge in [-0.1, -0.05) is 22.9 Å². The number of rotatable bonds is 5. The number of carbonyl (C=O) groups is 1. The van der Waals surface area contributed by atoms with Gasteiger partial charge in [0, 0.05) is 36.0 Å². The first-order chi connectivity index (χ1) is 9.47. The maximum Gasteiger partial charge on any atom is 0.307 e. The van der Waals surface area contributed by atoms with Gasteiger partial charge in [-0.3, -0.25) is 9.59 Å². The molecule has 108 valence electrons. The van der Waals surface area contributed by atoms with Gasteiger partial charge in [0.15, 0.2) is 0 Å². The number of carbonyl (C=O) groups excluding carboxylic acids is 1. The molecule has 0 aliphatic heterocycles. The molecule has 0 saturated heterocycles. The largest absolute Gasteiger partial charge is 0.341 e. The normalized spacial score (nSPS) is 10.8. The Kier molecular flexibility index (Phi) is 5.01. The predicted molar refractivity (Wildman–Crippen MR) is 83.7 cm³/mol. The van der Waals surface area contributed by atoms with E-state index in [1.54, 1.807) is 16.5 Å². The topological polar surface area (TPSA) is 42.3 Å². The second-order valence-corrected chi connectivity index (χ2v) is 7.12. The number of hydrogen-bond acceptors (Lipinski definition) is 4. The molecule has 1 amide bonds. The third-order valence-corrected chi connectivity index (χ3v) is 5.07. The average Bonchev–Trinajstić information content (AvgIpc) is 2.94. The molecule has 2 heterocycles. The second-order valence-electron chi connectivity index (χ2n) is 4.50. The summed E-state index contributed by atoms with van der Waals surface area (Å²) in [5.74, 6) is 0.0204. The number of aryl methyl sites for hydroxylation is 1. The third kappa shape index (κ3) is 3.71. The monoisotopic (exact) mass is 330 g/mol. The van der Waals surface area contributed by atoms with Crippen LogP contribution in [0.3, 0.4) is 0 Å². The number of aromatic nitrogens is 1. The van der Waals surface area contributed by atoms with Crippen LogP contribution in [0.5, 0.6) is 0 Å². The van der Waals surface area contributed by atoms with Gasteiger partial charge in [0.05, 0.1) is 10.9 Å². The molecule has 0 aliphatic carbocycles. The molecule has 0 fully saturated rings. The minimum absolute atomic E-state index is 0.0111. The molecule has 0 unspecified atom stereocenters. The molecule has 0 atom stereocenters. The Morgan fingerprint density at radius 3 is 2.75 bits per heavy atom. The van der Waals surface area contributed by atoms with E-state index in [-0.39, 0.29) is 10.8 Å². The molecule has 0 radical (unpaired) electrons. The van der Waals surface area contributed by atoms with Crippen molar-refractivity contribution >= 4 is 40.2 Å². The van der Waals surface area contributed by atoms with Crippen LogP contribution in [0.15, 0.2) is 22.3 Å². The van der Waals surface area contributed by atoms with Crippen molar-refractivity contribution in [1.29, 1.82) is 0 Å². The highest BCUT2D eigenvalue weighted by atomic mass is 35.5. The summed E-state index contributed by atoms with van der Waals surface area (Å²) < 4.78 is 2.36. The van der Waals surface area contributed by atoms with Crippen molar-refractivity contribution in [2.45, 2.75) is 26.4 Å². The molecule has 0 spiro atoms. The van der Waals surface area contributed by atoms with E-state index in [4.69, 9.17) is 11.6 Å². The minimum Gasteiger partial charge on any atom is -0.341 e. The lowest BCUT2D eigenvalue weighted by Gasteiger charge is -2.16. The lowest BCUT2D eigenvalue weighted by molar-refractivity contribution is -0.130. The van der Waals surface area contributed by atoms with E-state index < -0.39 is 0 Å². The van der Waals surface area contributed by atoms with Crippen molar-refractivity contribution in [2.24, 2.45) is 0 Å². The van der Waals surface area contributed by atoms with Gasteiger partial charge < -0.3 is 9.47 Å². The Morgan fingerprint density at radius 2 is 2.20 bits per heavy atom. The molecular formula is C13H15ClN2O2S2. The highest BCUT2D eigenvalue weighted by Gasteiger charge is 2.12. The van der Waals surface area contributed by atoms with Crippen LogP contribution in [0.2, 0.25) is 4.34 Å². The number of amides is 1. The van der Waals surface area contributed by atoms with Crippen LogP contribution in [0.25, 0.3) is 0 Å². The molecule has 0 N–H and O–H groups in total. The standard InChI is InChI=1S/C13H15ClN2O2S2/c1-9-8-19-13(18)16(9)6-5-12(17)15(2)7-10-3-4-11(14)20-10/h3-4,8H,5-7H2,1-2H3. The SMILES string of the molecule is Cc1csc(=O)n1CCC(=O)N(C)Cc1ccc(Cl)s1. The van der Waals surface area contributed by atoms with Crippen molar-refractivity contribution in [3.8, 4) is 0 Å². The quantitative estimate of drug-likeness (QED) is 0.845. The van der Waals surface area contributed by atoms with Crippen LogP contribution in [0.4, 0.5) is 0 Å². The van der Waals surface area contributed by atoms with Crippen LogP contribution in [-0.4, -0.2) is 22.4 Å². The van der Waals surface area contributed by atoms with Crippen molar-refractivity contribution < 1.29 is 4.79 Å². The maximum atomic E-state index is 12.1. The summed E-state index contributed by atoms with van der Waals surface area (Å²) in [5, 5.41) is 1.81. The highest BCUT2D eigenvalue weighted by molar-refractivity contribution is 7.16. The second kappa shape index (κ2) is 6.56. The van der Waals surface area contributed by atoms with Crippen LogP contribution >= 0.6 is 34.3 Å². The third-order valence-electron chi connectivity index (χ3n) is 2.97. The summed E-state index contributed by atoms with van der Waals surface area (Å²) >= 11 is 8.50. The van der Waals surface area contributed by atoms with Gasteiger partial charge in [-0.25, -0.2) is 0 Å². The lowest BCUT2D eigenvalue weighted by atomic mass is 10.3. The molecule has 0 aromatic carbocycles. The van der Waals surface area contributed by atoms with Gasteiger partial charge in [0.1, 0.15) is 0 Å². The van der Waals surface area contributed by atoms with E-state index >= 15 is 0 Å². The van der Waals surface area contributed by atoms with Crippen LogP contribution < -0.4 is 4.87 Å². The first-order valence-electron chi connectivity index (χ1n) is 6.10. The summed E-state index contributed by atoms with van der Waals surface area (Å²) in [6.45, 7) is 2.86. The Hall–Kier alpha value is -1.11. The first kappa shape index (κ1) is 15.3. The summed E-state index contributed by atoms with van der Waals surface area (Å²) in [6, 6.07) is 3.75. The summed E-state index contributed by atoms with van der Waals surface area (Å²) in [4.78, 5) is 26.3. The summed E-state index contributed by atoms with van der Waals surface area (Å²) in [7, 11) is 1.76. The molecular weight excluding hydrogens is 316 g/mol. The summed E-state index contributed by atoms with van der Waals surface area (Å²) in [6.07, 6.45) is 0.326. The predicted octanol–water partition coefficient (Wildman–Crippen LogP) is 2.98. The zero-order valence-electron chi connectivity index (χ0n) is 11.3. The minimum atomic E-state index is -0.0111. The fraction of sp³-hybridized carbons (Fsp3) is 0.385. The van der Waals surface area contributed by atoms with Crippen molar-refractivity contribution in [3.63, 3.8) is 0 Å². The zero-order chi connectivity index (χ0) is 14.7. The molecule has 0 bridgehead atoms. The van der Waals surface area contributed by atoms with Gasteiger partial charge in [0.2, 0.25) is 5.91 Å². The molecule has 4 nitrogen and oxygen atoms in total. The fourth-order valence-corrected chi connectivity index (χ4v) is 3.73. The molecule has 2 aromatic rings. The Bertz CT molecular complexity index is 659. The first-order valence-corrected chi connectivity index (χ1v) is 8.18. The molecule has 0 saturated carbocycles. The number of halogens is 1. The highest BCUT2D eigenvalue weighted by Crippen LogP contribution is 2.22. The number of nitrogens with zero attached hydrogens (tertiary/aromatic N) is 2. The molecule has 2 aromatic heterocycles. The molecule has 20 heavy (non-hydrogen) atoms.